The summed E-state index contributed by atoms with van der Waals surface area (Å²) in [5.41, 5.74) is 1.25. The Hall–Kier alpha value is -0.660. The molecule has 1 aliphatic rings. The second-order valence-electron chi connectivity index (χ2n) is 4.55. The van der Waals surface area contributed by atoms with Crippen LogP contribution in [0.4, 0.5) is 0 Å². The van der Waals surface area contributed by atoms with Gasteiger partial charge in [-0.1, -0.05) is 12.1 Å². The maximum atomic E-state index is 11.9. The number of morpholine rings is 1. The molecule has 104 valence electrons. The van der Waals surface area contributed by atoms with Crippen LogP contribution in [-0.2, 0) is 16.1 Å². The van der Waals surface area contributed by atoms with Gasteiger partial charge in [-0.15, -0.1) is 0 Å². The Bertz CT molecular complexity index is 402. The number of hydrogen-bond acceptors (Lipinski definition) is 3. The van der Waals surface area contributed by atoms with Gasteiger partial charge in [0.15, 0.2) is 0 Å². The highest BCUT2D eigenvalue weighted by Gasteiger charge is 2.15. The summed E-state index contributed by atoms with van der Waals surface area (Å²) in [6.45, 7) is 4.34. The number of benzene rings is 1. The summed E-state index contributed by atoms with van der Waals surface area (Å²) in [6.07, 6.45) is 0.560. The van der Waals surface area contributed by atoms with Crippen LogP contribution in [0.25, 0.3) is 0 Å². The van der Waals surface area contributed by atoms with E-state index < -0.39 is 0 Å². The monoisotopic (exact) mass is 374 g/mol. The minimum Gasteiger partial charge on any atom is -0.378 e. The van der Waals surface area contributed by atoms with Crippen molar-refractivity contribution in [1.82, 2.24) is 10.2 Å². The lowest BCUT2D eigenvalue weighted by Crippen LogP contribution is -2.41. The normalized spacial score (nSPS) is 15.5. The maximum Gasteiger partial charge on any atom is 0.224 e. The van der Waals surface area contributed by atoms with Gasteiger partial charge in [-0.25, -0.2) is 0 Å². The van der Waals surface area contributed by atoms with Crippen LogP contribution in [0.5, 0.6) is 0 Å². The molecular weight excluding hydrogens is 355 g/mol. The zero-order valence-corrected chi connectivity index (χ0v) is 13.1. The SMILES string of the molecule is O=C(CCNCc1ccc(I)cc1)N1CCOCC1. The van der Waals surface area contributed by atoms with Crippen LogP contribution in [-0.4, -0.2) is 43.7 Å². The first-order chi connectivity index (χ1) is 9.25. The van der Waals surface area contributed by atoms with Gasteiger partial charge in [0, 0.05) is 36.2 Å². The van der Waals surface area contributed by atoms with E-state index in [0.29, 0.717) is 19.6 Å². The maximum absolute atomic E-state index is 11.9. The van der Waals surface area contributed by atoms with Crippen molar-refractivity contribution in [2.24, 2.45) is 0 Å². The van der Waals surface area contributed by atoms with Gasteiger partial charge in [-0.2, -0.15) is 0 Å². The van der Waals surface area contributed by atoms with Gasteiger partial charge in [0.2, 0.25) is 5.91 Å². The Labute approximate surface area is 127 Å². The Morgan fingerprint density at radius 3 is 2.63 bits per heavy atom. The molecule has 19 heavy (non-hydrogen) atoms. The third-order valence-electron chi connectivity index (χ3n) is 3.12. The topological polar surface area (TPSA) is 41.6 Å². The van der Waals surface area contributed by atoms with E-state index in [0.717, 1.165) is 26.2 Å². The zero-order valence-electron chi connectivity index (χ0n) is 10.9. The predicted octanol–water partition coefficient (Wildman–Crippen LogP) is 1.63. The van der Waals surface area contributed by atoms with Crippen LogP contribution in [0.3, 0.4) is 0 Å². The fraction of sp³-hybridized carbons (Fsp3) is 0.500. The summed E-state index contributed by atoms with van der Waals surface area (Å²) in [5.74, 6) is 0.221. The molecule has 0 radical (unpaired) electrons. The van der Waals surface area contributed by atoms with Crippen molar-refractivity contribution in [2.45, 2.75) is 13.0 Å². The van der Waals surface area contributed by atoms with Crippen molar-refractivity contribution in [3.8, 4) is 0 Å². The zero-order chi connectivity index (χ0) is 13.5. The van der Waals surface area contributed by atoms with E-state index in [9.17, 15) is 4.79 Å². The summed E-state index contributed by atoms with van der Waals surface area (Å²) < 4.78 is 6.47. The van der Waals surface area contributed by atoms with Crippen LogP contribution in [0.1, 0.15) is 12.0 Å². The molecule has 0 saturated carbocycles. The summed E-state index contributed by atoms with van der Waals surface area (Å²) >= 11 is 2.29. The van der Waals surface area contributed by atoms with E-state index >= 15 is 0 Å². The molecular formula is C14H19IN2O2. The second-order valence-corrected chi connectivity index (χ2v) is 5.79. The van der Waals surface area contributed by atoms with Crippen molar-refractivity contribution in [2.75, 3.05) is 32.8 Å². The van der Waals surface area contributed by atoms with E-state index in [1.807, 2.05) is 4.90 Å². The van der Waals surface area contributed by atoms with Crippen LogP contribution in [0.15, 0.2) is 24.3 Å². The molecule has 0 bridgehead atoms. The van der Waals surface area contributed by atoms with Gasteiger partial charge in [-0.3, -0.25) is 4.79 Å². The minimum absolute atomic E-state index is 0.221. The number of amides is 1. The van der Waals surface area contributed by atoms with Gasteiger partial charge >= 0.3 is 0 Å². The van der Waals surface area contributed by atoms with Crippen LogP contribution in [0.2, 0.25) is 0 Å². The van der Waals surface area contributed by atoms with E-state index in [1.54, 1.807) is 0 Å². The average molecular weight is 374 g/mol. The third-order valence-corrected chi connectivity index (χ3v) is 3.84. The lowest BCUT2D eigenvalue weighted by molar-refractivity contribution is -0.135. The fourth-order valence-corrected chi connectivity index (χ4v) is 2.36. The molecule has 1 aliphatic heterocycles. The van der Waals surface area contributed by atoms with Crippen molar-refractivity contribution in [3.05, 3.63) is 33.4 Å². The molecule has 5 heteroatoms. The van der Waals surface area contributed by atoms with Gasteiger partial charge in [-0.05, 0) is 40.3 Å². The first-order valence-corrected chi connectivity index (χ1v) is 7.64. The highest BCUT2D eigenvalue weighted by Crippen LogP contribution is 2.06. The minimum atomic E-state index is 0.221. The van der Waals surface area contributed by atoms with E-state index in [2.05, 4.69) is 52.2 Å². The van der Waals surface area contributed by atoms with Gasteiger partial charge in [0.1, 0.15) is 0 Å². The average Bonchev–Trinajstić information content (AvgIpc) is 2.46. The third kappa shape index (κ3) is 5.08. The van der Waals surface area contributed by atoms with Crippen LogP contribution >= 0.6 is 22.6 Å². The number of carbonyl (C=O) groups excluding carboxylic acids is 1. The summed E-state index contributed by atoms with van der Waals surface area (Å²) in [6, 6.07) is 8.41. The van der Waals surface area contributed by atoms with Gasteiger partial charge < -0.3 is 15.0 Å². The second kappa shape index (κ2) is 7.81. The number of carbonyl (C=O) groups is 1. The molecule has 1 fully saturated rings. The Balaban J connectivity index is 1.63. The lowest BCUT2D eigenvalue weighted by atomic mass is 10.2. The number of nitrogens with zero attached hydrogens (tertiary/aromatic N) is 1. The van der Waals surface area contributed by atoms with E-state index in [-0.39, 0.29) is 5.91 Å². The molecule has 1 aromatic rings. The molecule has 1 amide bonds. The number of nitrogens with one attached hydrogen (secondary N) is 1. The van der Waals surface area contributed by atoms with Gasteiger partial charge in [0.05, 0.1) is 13.2 Å². The van der Waals surface area contributed by atoms with Crippen LogP contribution in [0, 0.1) is 3.57 Å². The molecule has 2 rings (SSSR count). The van der Waals surface area contributed by atoms with E-state index in [1.165, 1.54) is 9.13 Å². The highest BCUT2D eigenvalue weighted by molar-refractivity contribution is 14.1. The number of rotatable bonds is 5. The van der Waals surface area contributed by atoms with Crippen molar-refractivity contribution < 1.29 is 9.53 Å². The van der Waals surface area contributed by atoms with Crippen molar-refractivity contribution >= 4 is 28.5 Å². The Morgan fingerprint density at radius 2 is 1.95 bits per heavy atom. The summed E-state index contributed by atoms with van der Waals surface area (Å²) in [7, 11) is 0. The number of ether oxygens (including phenoxy) is 1. The molecule has 0 atom stereocenters. The summed E-state index contributed by atoms with van der Waals surface area (Å²) in [5, 5.41) is 3.31. The largest absolute Gasteiger partial charge is 0.378 e. The molecule has 0 spiro atoms. The van der Waals surface area contributed by atoms with E-state index in [4.69, 9.17) is 4.74 Å². The predicted molar refractivity (Wildman–Crippen MR) is 82.9 cm³/mol. The molecule has 0 unspecified atom stereocenters. The molecule has 0 aliphatic carbocycles. The quantitative estimate of drug-likeness (QED) is 0.629. The first kappa shape index (κ1) is 14.7. The van der Waals surface area contributed by atoms with Crippen LogP contribution < -0.4 is 5.32 Å². The number of halogens is 1. The molecule has 4 nitrogen and oxygen atoms in total. The molecule has 1 N–H and O–H groups in total. The highest BCUT2D eigenvalue weighted by atomic mass is 127. The Kier molecular flexibility index (Phi) is 6.06. The van der Waals surface area contributed by atoms with Crippen molar-refractivity contribution in [1.29, 1.82) is 0 Å². The smallest absolute Gasteiger partial charge is 0.224 e. The number of hydrogen-bond donors (Lipinski definition) is 1. The Morgan fingerprint density at radius 1 is 1.26 bits per heavy atom. The molecule has 1 heterocycles. The van der Waals surface area contributed by atoms with Gasteiger partial charge in [0.25, 0.3) is 0 Å². The molecule has 0 aromatic heterocycles. The first-order valence-electron chi connectivity index (χ1n) is 6.56. The fourth-order valence-electron chi connectivity index (χ4n) is 2.00. The lowest BCUT2D eigenvalue weighted by Gasteiger charge is -2.26. The summed E-state index contributed by atoms with van der Waals surface area (Å²) in [4.78, 5) is 13.8. The molecule has 1 aromatic carbocycles. The standard InChI is InChI=1S/C14H19IN2O2/c15-13-3-1-12(2-4-13)11-16-6-5-14(18)17-7-9-19-10-8-17/h1-4,16H,5-11H2. The van der Waals surface area contributed by atoms with Crippen molar-refractivity contribution in [3.63, 3.8) is 0 Å². The molecule has 1 saturated heterocycles.